The van der Waals surface area contributed by atoms with Gasteiger partial charge in [-0.3, -0.25) is 4.99 Å². The van der Waals surface area contributed by atoms with Crippen LogP contribution in [0.25, 0.3) is 0 Å². The van der Waals surface area contributed by atoms with E-state index in [0.29, 0.717) is 18.0 Å². The Morgan fingerprint density at radius 3 is 2.67 bits per heavy atom. The molecular formula is C19H31FN4. The number of aryl methyl sites for hydroxylation is 1. The van der Waals surface area contributed by atoms with Crippen LogP contribution in [0.2, 0.25) is 0 Å². The smallest absolute Gasteiger partial charge is 0.191 e. The van der Waals surface area contributed by atoms with Crippen LogP contribution in [0.4, 0.5) is 4.39 Å². The van der Waals surface area contributed by atoms with Crippen LogP contribution in [0.5, 0.6) is 0 Å². The summed E-state index contributed by atoms with van der Waals surface area (Å²) in [5, 5.41) is 6.69. The monoisotopic (exact) mass is 334 g/mol. The normalized spacial score (nSPS) is 17.6. The third-order valence-corrected chi connectivity index (χ3v) is 4.54. The van der Waals surface area contributed by atoms with Gasteiger partial charge >= 0.3 is 0 Å². The molecule has 2 N–H and O–H groups in total. The molecule has 0 radical (unpaired) electrons. The van der Waals surface area contributed by atoms with Gasteiger partial charge in [-0.2, -0.15) is 0 Å². The van der Waals surface area contributed by atoms with Crippen molar-refractivity contribution < 1.29 is 4.39 Å². The fourth-order valence-electron chi connectivity index (χ4n) is 3.14. The molecule has 0 saturated carbocycles. The van der Waals surface area contributed by atoms with Crippen LogP contribution < -0.4 is 10.6 Å². The summed E-state index contributed by atoms with van der Waals surface area (Å²) in [7, 11) is 1.78. The van der Waals surface area contributed by atoms with Gasteiger partial charge in [0.1, 0.15) is 5.82 Å². The Morgan fingerprint density at radius 1 is 1.25 bits per heavy atom. The van der Waals surface area contributed by atoms with Crippen LogP contribution in [-0.4, -0.2) is 44.1 Å². The van der Waals surface area contributed by atoms with E-state index in [1.54, 1.807) is 14.0 Å². The highest BCUT2D eigenvalue weighted by molar-refractivity contribution is 5.79. The predicted molar refractivity (Wildman–Crippen MR) is 98.8 cm³/mol. The summed E-state index contributed by atoms with van der Waals surface area (Å²) >= 11 is 0. The molecule has 0 spiro atoms. The molecule has 1 aromatic carbocycles. The third kappa shape index (κ3) is 6.11. The van der Waals surface area contributed by atoms with Crippen LogP contribution in [0.1, 0.15) is 37.3 Å². The van der Waals surface area contributed by atoms with E-state index < -0.39 is 0 Å². The quantitative estimate of drug-likeness (QED) is 0.621. The van der Waals surface area contributed by atoms with Crippen molar-refractivity contribution in [2.24, 2.45) is 10.9 Å². The second kappa shape index (κ2) is 9.62. The molecule has 1 saturated heterocycles. The first-order valence-corrected chi connectivity index (χ1v) is 9.00. The van der Waals surface area contributed by atoms with Gasteiger partial charge < -0.3 is 15.5 Å². The maximum Gasteiger partial charge on any atom is 0.191 e. The molecule has 1 aliphatic rings. The molecule has 5 heteroatoms. The van der Waals surface area contributed by atoms with Gasteiger partial charge in [-0.25, -0.2) is 4.39 Å². The second-order valence-electron chi connectivity index (χ2n) is 6.86. The zero-order chi connectivity index (χ0) is 17.4. The van der Waals surface area contributed by atoms with Gasteiger partial charge in [0.25, 0.3) is 0 Å². The molecule has 24 heavy (non-hydrogen) atoms. The number of rotatable bonds is 6. The van der Waals surface area contributed by atoms with Crippen LogP contribution in [0.15, 0.2) is 23.2 Å². The van der Waals surface area contributed by atoms with E-state index in [9.17, 15) is 4.39 Å². The minimum absolute atomic E-state index is 0.159. The molecule has 1 fully saturated rings. The molecule has 1 aromatic rings. The molecule has 1 aliphatic heterocycles. The highest BCUT2D eigenvalue weighted by Gasteiger charge is 2.13. The number of hydrogen-bond donors (Lipinski definition) is 2. The molecule has 4 nitrogen and oxygen atoms in total. The molecule has 0 aromatic heterocycles. The van der Waals surface area contributed by atoms with Crippen molar-refractivity contribution >= 4 is 5.96 Å². The summed E-state index contributed by atoms with van der Waals surface area (Å²) in [5.41, 5.74) is 1.73. The number of nitrogens with one attached hydrogen (secondary N) is 2. The Balaban J connectivity index is 1.72. The summed E-state index contributed by atoms with van der Waals surface area (Å²) in [5.74, 6) is 1.21. The number of likely N-dealkylation sites (tertiary alicyclic amines) is 1. The number of aliphatic imine (C=N–C) groups is 1. The first-order valence-electron chi connectivity index (χ1n) is 9.00. The standard InChI is InChI=1S/C19H31FN4/c1-15(14-24-9-5-4-6-10-24)12-22-19(21-3)23-13-17-7-8-18(20)16(2)11-17/h7-8,11,15H,4-6,9-10,12-14H2,1-3H3,(H2,21,22,23). The maximum absolute atomic E-state index is 13.3. The summed E-state index contributed by atoms with van der Waals surface area (Å²) in [6, 6.07) is 5.19. The fourth-order valence-corrected chi connectivity index (χ4v) is 3.14. The van der Waals surface area contributed by atoms with Crippen molar-refractivity contribution in [3.05, 3.63) is 35.1 Å². The van der Waals surface area contributed by atoms with Gasteiger partial charge in [0.15, 0.2) is 5.96 Å². The topological polar surface area (TPSA) is 39.7 Å². The van der Waals surface area contributed by atoms with Crippen LogP contribution in [0.3, 0.4) is 0 Å². The predicted octanol–water partition coefficient (Wildman–Crippen LogP) is 2.92. The summed E-state index contributed by atoms with van der Waals surface area (Å²) in [6.45, 7) is 9.22. The van der Waals surface area contributed by atoms with E-state index in [-0.39, 0.29) is 5.82 Å². The molecule has 0 aliphatic carbocycles. The van der Waals surface area contributed by atoms with Gasteiger partial charge in [-0.15, -0.1) is 0 Å². The van der Waals surface area contributed by atoms with Gasteiger partial charge in [0.2, 0.25) is 0 Å². The number of benzene rings is 1. The Morgan fingerprint density at radius 2 is 2.00 bits per heavy atom. The van der Waals surface area contributed by atoms with Crippen molar-refractivity contribution in [3.8, 4) is 0 Å². The summed E-state index contributed by atoms with van der Waals surface area (Å²) in [6.07, 6.45) is 4.05. The molecule has 0 amide bonds. The van der Waals surface area contributed by atoms with Crippen LogP contribution >= 0.6 is 0 Å². The van der Waals surface area contributed by atoms with Crippen molar-refractivity contribution in [2.45, 2.75) is 39.7 Å². The lowest BCUT2D eigenvalue weighted by Crippen LogP contribution is -2.42. The van der Waals surface area contributed by atoms with E-state index in [2.05, 4.69) is 27.4 Å². The average Bonchev–Trinajstić information content (AvgIpc) is 2.59. The SMILES string of the molecule is CN=C(NCc1ccc(F)c(C)c1)NCC(C)CN1CCCCC1. The highest BCUT2D eigenvalue weighted by atomic mass is 19.1. The second-order valence-corrected chi connectivity index (χ2v) is 6.86. The van der Waals surface area contributed by atoms with Crippen LogP contribution in [0, 0.1) is 18.7 Å². The molecule has 2 rings (SSSR count). The Kier molecular flexibility index (Phi) is 7.50. The van der Waals surface area contributed by atoms with Crippen molar-refractivity contribution in [1.29, 1.82) is 0 Å². The van der Waals surface area contributed by atoms with Crippen molar-refractivity contribution in [1.82, 2.24) is 15.5 Å². The van der Waals surface area contributed by atoms with Gasteiger partial charge in [0.05, 0.1) is 0 Å². The highest BCUT2D eigenvalue weighted by Crippen LogP contribution is 2.11. The average molecular weight is 334 g/mol. The number of halogens is 1. The van der Waals surface area contributed by atoms with E-state index in [4.69, 9.17) is 0 Å². The molecule has 1 heterocycles. The number of nitrogens with zero attached hydrogens (tertiary/aromatic N) is 2. The van der Waals surface area contributed by atoms with Crippen molar-refractivity contribution in [3.63, 3.8) is 0 Å². The maximum atomic E-state index is 13.3. The zero-order valence-corrected chi connectivity index (χ0v) is 15.2. The van der Waals surface area contributed by atoms with Crippen molar-refractivity contribution in [2.75, 3.05) is 33.2 Å². The van der Waals surface area contributed by atoms with E-state index in [1.165, 1.54) is 38.4 Å². The fraction of sp³-hybridized carbons (Fsp3) is 0.632. The Bertz CT molecular complexity index is 538. The Hall–Kier alpha value is -1.62. The van der Waals surface area contributed by atoms with Gasteiger partial charge in [-0.1, -0.05) is 25.5 Å². The van der Waals surface area contributed by atoms with Crippen LogP contribution in [-0.2, 0) is 6.54 Å². The van der Waals surface area contributed by atoms with Gasteiger partial charge in [-0.05, 0) is 56.0 Å². The minimum Gasteiger partial charge on any atom is -0.356 e. The first-order chi connectivity index (χ1) is 11.6. The number of piperidine rings is 1. The summed E-state index contributed by atoms with van der Waals surface area (Å²) in [4.78, 5) is 6.83. The Labute approximate surface area is 145 Å². The molecule has 1 unspecified atom stereocenters. The zero-order valence-electron chi connectivity index (χ0n) is 15.2. The lowest BCUT2D eigenvalue weighted by atomic mass is 10.1. The molecule has 1 atom stereocenters. The summed E-state index contributed by atoms with van der Waals surface area (Å²) < 4.78 is 13.3. The van der Waals surface area contributed by atoms with E-state index in [1.807, 2.05) is 12.1 Å². The van der Waals surface area contributed by atoms with Gasteiger partial charge in [0, 0.05) is 26.7 Å². The third-order valence-electron chi connectivity index (χ3n) is 4.54. The lowest BCUT2D eigenvalue weighted by Gasteiger charge is -2.29. The van der Waals surface area contributed by atoms with E-state index >= 15 is 0 Å². The molecule has 0 bridgehead atoms. The largest absolute Gasteiger partial charge is 0.356 e. The lowest BCUT2D eigenvalue weighted by molar-refractivity contribution is 0.201. The minimum atomic E-state index is -0.159. The number of hydrogen-bond acceptors (Lipinski definition) is 2. The first kappa shape index (κ1) is 18.7. The van der Waals surface area contributed by atoms with E-state index in [0.717, 1.165) is 24.6 Å². The molecular weight excluding hydrogens is 303 g/mol. The number of guanidine groups is 1. The molecule has 134 valence electrons.